The van der Waals surface area contributed by atoms with Crippen molar-refractivity contribution in [3.8, 4) is 0 Å². The number of aromatic nitrogens is 3. The summed E-state index contributed by atoms with van der Waals surface area (Å²) >= 11 is 0. The van der Waals surface area contributed by atoms with E-state index in [1.807, 2.05) is 4.90 Å². The third-order valence-corrected chi connectivity index (χ3v) is 2.12. The summed E-state index contributed by atoms with van der Waals surface area (Å²) in [5.41, 5.74) is 5.49. The molecule has 1 rings (SSSR count). The highest BCUT2D eigenvalue weighted by Gasteiger charge is 2.10. The molecule has 1 heterocycles. The highest BCUT2D eigenvalue weighted by atomic mass is 16.5. The number of rotatable bonds is 8. The van der Waals surface area contributed by atoms with E-state index < -0.39 is 0 Å². The number of nitrogens with two attached hydrogens (primary N) is 1. The van der Waals surface area contributed by atoms with E-state index >= 15 is 0 Å². The van der Waals surface area contributed by atoms with Gasteiger partial charge in [-0.25, -0.2) is 5.10 Å². The van der Waals surface area contributed by atoms with Gasteiger partial charge in [0.2, 0.25) is 11.9 Å². The van der Waals surface area contributed by atoms with E-state index in [9.17, 15) is 0 Å². The third-order valence-electron chi connectivity index (χ3n) is 2.12. The number of nitrogen functional groups attached to an aromatic ring is 1. The van der Waals surface area contributed by atoms with Crippen LogP contribution in [0, 0.1) is 0 Å². The van der Waals surface area contributed by atoms with Crippen LogP contribution in [-0.2, 0) is 9.47 Å². The summed E-state index contributed by atoms with van der Waals surface area (Å²) in [5, 5.41) is 6.64. The van der Waals surface area contributed by atoms with Gasteiger partial charge in [0, 0.05) is 33.9 Å². The van der Waals surface area contributed by atoms with Crippen molar-refractivity contribution >= 4 is 11.9 Å². The number of hydrogen-bond donors (Lipinski definition) is 2. The zero-order valence-electron chi connectivity index (χ0n) is 9.77. The second-order valence-electron chi connectivity index (χ2n) is 3.35. The molecule has 1 aromatic rings. The Morgan fingerprint density at radius 3 is 2.56 bits per heavy atom. The summed E-state index contributed by atoms with van der Waals surface area (Å²) in [7, 11) is 3.35. The van der Waals surface area contributed by atoms with Crippen LogP contribution in [-0.4, -0.2) is 55.7 Å². The number of nitrogens with zero attached hydrogens (tertiary/aromatic N) is 3. The summed E-state index contributed by atoms with van der Waals surface area (Å²) in [5.74, 6) is 0.926. The molecule has 7 heteroatoms. The SMILES string of the molecule is COCCCN(CCOC)c1n[nH]c(N)n1. The Hall–Kier alpha value is -1.34. The smallest absolute Gasteiger partial charge is 0.246 e. The van der Waals surface area contributed by atoms with Crippen molar-refractivity contribution in [2.75, 3.05) is 51.2 Å². The van der Waals surface area contributed by atoms with E-state index in [4.69, 9.17) is 15.2 Å². The Morgan fingerprint density at radius 1 is 1.25 bits per heavy atom. The molecular formula is C9H19N5O2. The van der Waals surface area contributed by atoms with Crippen LogP contribution in [0.15, 0.2) is 0 Å². The number of methoxy groups -OCH3 is 2. The fourth-order valence-electron chi connectivity index (χ4n) is 1.32. The molecule has 0 radical (unpaired) electrons. The first-order valence-corrected chi connectivity index (χ1v) is 5.18. The molecule has 0 bridgehead atoms. The van der Waals surface area contributed by atoms with Gasteiger partial charge in [0.1, 0.15) is 0 Å². The topological polar surface area (TPSA) is 89.3 Å². The van der Waals surface area contributed by atoms with Gasteiger partial charge in [0.25, 0.3) is 0 Å². The summed E-state index contributed by atoms with van der Waals surface area (Å²) in [4.78, 5) is 6.09. The van der Waals surface area contributed by atoms with Gasteiger partial charge in [-0.15, -0.1) is 5.10 Å². The lowest BCUT2D eigenvalue weighted by molar-refractivity contribution is 0.190. The molecule has 7 nitrogen and oxygen atoms in total. The van der Waals surface area contributed by atoms with Gasteiger partial charge >= 0.3 is 0 Å². The van der Waals surface area contributed by atoms with Crippen LogP contribution in [0.5, 0.6) is 0 Å². The number of aromatic amines is 1. The summed E-state index contributed by atoms with van der Waals surface area (Å²) < 4.78 is 10.0. The molecule has 0 aliphatic heterocycles. The fraction of sp³-hybridized carbons (Fsp3) is 0.778. The van der Waals surface area contributed by atoms with Gasteiger partial charge in [-0.2, -0.15) is 4.98 Å². The van der Waals surface area contributed by atoms with Gasteiger partial charge < -0.3 is 20.1 Å². The molecule has 0 aliphatic rings. The van der Waals surface area contributed by atoms with Crippen LogP contribution >= 0.6 is 0 Å². The first kappa shape index (κ1) is 12.7. The van der Waals surface area contributed by atoms with Gasteiger partial charge in [0.05, 0.1) is 6.61 Å². The lowest BCUT2D eigenvalue weighted by Gasteiger charge is -2.20. The first-order chi connectivity index (χ1) is 7.77. The molecule has 92 valence electrons. The molecule has 0 spiro atoms. The molecule has 0 amide bonds. The summed E-state index contributed by atoms with van der Waals surface area (Å²) in [6.07, 6.45) is 0.911. The van der Waals surface area contributed by atoms with E-state index in [1.54, 1.807) is 14.2 Å². The zero-order chi connectivity index (χ0) is 11.8. The van der Waals surface area contributed by atoms with Crippen molar-refractivity contribution in [3.05, 3.63) is 0 Å². The normalized spacial score (nSPS) is 10.6. The maximum absolute atomic E-state index is 5.49. The monoisotopic (exact) mass is 229 g/mol. The second kappa shape index (κ2) is 7.02. The Morgan fingerprint density at radius 2 is 2.00 bits per heavy atom. The highest BCUT2D eigenvalue weighted by molar-refractivity contribution is 5.33. The minimum atomic E-state index is 0.323. The van der Waals surface area contributed by atoms with Crippen LogP contribution in [0.25, 0.3) is 0 Å². The third kappa shape index (κ3) is 4.03. The molecular weight excluding hydrogens is 210 g/mol. The van der Waals surface area contributed by atoms with Crippen LogP contribution in [0.3, 0.4) is 0 Å². The van der Waals surface area contributed by atoms with Gasteiger partial charge in [0.15, 0.2) is 0 Å². The molecule has 0 fully saturated rings. The van der Waals surface area contributed by atoms with Gasteiger partial charge in [-0.1, -0.05) is 0 Å². The number of anilines is 2. The van der Waals surface area contributed by atoms with Crippen LogP contribution in [0.2, 0.25) is 0 Å². The van der Waals surface area contributed by atoms with Crippen molar-refractivity contribution in [1.82, 2.24) is 15.2 Å². The predicted octanol–water partition coefficient (Wildman–Crippen LogP) is -0.124. The maximum Gasteiger partial charge on any atom is 0.246 e. The lowest BCUT2D eigenvalue weighted by Crippen LogP contribution is -2.30. The van der Waals surface area contributed by atoms with Crippen LogP contribution < -0.4 is 10.6 Å². The lowest BCUT2D eigenvalue weighted by atomic mass is 10.4. The van der Waals surface area contributed by atoms with Gasteiger partial charge in [-0.3, -0.25) is 0 Å². The van der Waals surface area contributed by atoms with Crippen LogP contribution in [0.1, 0.15) is 6.42 Å². The van der Waals surface area contributed by atoms with E-state index in [0.717, 1.165) is 19.5 Å². The summed E-state index contributed by atoms with van der Waals surface area (Å²) in [6, 6.07) is 0. The van der Waals surface area contributed by atoms with Crippen molar-refractivity contribution in [1.29, 1.82) is 0 Å². The number of hydrogen-bond acceptors (Lipinski definition) is 6. The molecule has 0 unspecified atom stereocenters. The van der Waals surface area contributed by atoms with Crippen molar-refractivity contribution in [2.24, 2.45) is 0 Å². The first-order valence-electron chi connectivity index (χ1n) is 5.18. The minimum absolute atomic E-state index is 0.323. The molecule has 1 aromatic heterocycles. The zero-order valence-corrected chi connectivity index (χ0v) is 9.77. The average Bonchev–Trinajstić information content (AvgIpc) is 2.70. The molecule has 3 N–H and O–H groups in total. The van der Waals surface area contributed by atoms with Crippen LogP contribution in [0.4, 0.5) is 11.9 Å². The maximum atomic E-state index is 5.49. The number of ether oxygens (including phenoxy) is 2. The largest absolute Gasteiger partial charge is 0.385 e. The van der Waals surface area contributed by atoms with Crippen molar-refractivity contribution in [3.63, 3.8) is 0 Å². The molecule has 0 atom stereocenters. The molecule has 16 heavy (non-hydrogen) atoms. The molecule has 0 saturated heterocycles. The number of H-pyrrole nitrogens is 1. The second-order valence-corrected chi connectivity index (χ2v) is 3.35. The Bertz CT molecular complexity index is 291. The highest BCUT2D eigenvalue weighted by Crippen LogP contribution is 2.08. The Labute approximate surface area is 94.9 Å². The van der Waals surface area contributed by atoms with Crippen molar-refractivity contribution in [2.45, 2.75) is 6.42 Å². The van der Waals surface area contributed by atoms with Gasteiger partial charge in [-0.05, 0) is 6.42 Å². The van der Waals surface area contributed by atoms with E-state index in [0.29, 0.717) is 25.1 Å². The fourth-order valence-corrected chi connectivity index (χ4v) is 1.32. The van der Waals surface area contributed by atoms with E-state index in [1.165, 1.54) is 0 Å². The molecule has 0 saturated carbocycles. The predicted molar refractivity (Wildman–Crippen MR) is 61.4 cm³/mol. The Balaban J connectivity index is 2.49. The average molecular weight is 229 g/mol. The Kier molecular flexibility index (Phi) is 5.58. The molecule has 0 aromatic carbocycles. The minimum Gasteiger partial charge on any atom is -0.385 e. The van der Waals surface area contributed by atoms with Crippen molar-refractivity contribution < 1.29 is 9.47 Å². The summed E-state index contributed by atoms with van der Waals surface area (Å²) in [6.45, 7) is 2.89. The standard InChI is InChI=1S/C9H19N5O2/c1-15-6-3-4-14(5-7-16-2)9-11-8(10)12-13-9/h3-7H2,1-2H3,(H3,10,11,12,13). The molecule has 0 aliphatic carbocycles. The van der Waals surface area contributed by atoms with E-state index in [-0.39, 0.29) is 0 Å². The van der Waals surface area contributed by atoms with E-state index in [2.05, 4.69) is 15.2 Å². The number of nitrogens with one attached hydrogen (secondary N) is 1. The quantitative estimate of drug-likeness (QED) is 0.604.